The summed E-state index contributed by atoms with van der Waals surface area (Å²) in [4.78, 5) is 0. The van der Waals surface area contributed by atoms with Gasteiger partial charge in [-0.25, -0.2) is 8.42 Å². The fraction of sp³-hybridized carbons (Fsp3) is 0.909. The van der Waals surface area contributed by atoms with Crippen LogP contribution < -0.4 is 0 Å². The first kappa shape index (κ1) is 12.5. The van der Waals surface area contributed by atoms with E-state index in [1.54, 1.807) is 0 Å². The summed E-state index contributed by atoms with van der Waals surface area (Å²) in [5.74, 6) is 0.533. The number of hydrogen-bond acceptors (Lipinski definition) is 3. The molecule has 4 heteroatoms. The standard InChI is InChI=1S/C11H19NO2S/c1-2-3-4-9-15(13,14)10-11(5-6-11)7-8-12/h2-7,9-10H2,1H3. The quantitative estimate of drug-likeness (QED) is 0.629. The molecular formula is C11H19NO2S. The molecule has 0 atom stereocenters. The van der Waals surface area contributed by atoms with Crippen molar-refractivity contribution in [1.29, 1.82) is 5.26 Å². The monoisotopic (exact) mass is 229 g/mol. The van der Waals surface area contributed by atoms with Crippen LogP contribution in [0, 0.1) is 16.7 Å². The van der Waals surface area contributed by atoms with Crippen molar-refractivity contribution in [3.8, 4) is 6.07 Å². The summed E-state index contributed by atoms with van der Waals surface area (Å²) in [6.07, 6.45) is 5.01. The minimum atomic E-state index is -2.92. The van der Waals surface area contributed by atoms with Gasteiger partial charge in [0.2, 0.25) is 0 Å². The van der Waals surface area contributed by atoms with E-state index >= 15 is 0 Å². The van der Waals surface area contributed by atoms with E-state index in [-0.39, 0.29) is 11.2 Å². The molecule has 0 amide bonds. The molecule has 0 heterocycles. The summed E-state index contributed by atoms with van der Waals surface area (Å²) in [5, 5.41) is 8.61. The van der Waals surface area contributed by atoms with Crippen molar-refractivity contribution in [1.82, 2.24) is 0 Å². The normalized spacial score (nSPS) is 18.4. The van der Waals surface area contributed by atoms with Crippen LogP contribution in [0.2, 0.25) is 0 Å². The number of nitriles is 1. The summed E-state index contributed by atoms with van der Waals surface area (Å²) in [7, 11) is -2.92. The van der Waals surface area contributed by atoms with Gasteiger partial charge >= 0.3 is 0 Å². The number of rotatable bonds is 7. The Morgan fingerprint density at radius 2 is 2.00 bits per heavy atom. The average molecular weight is 229 g/mol. The van der Waals surface area contributed by atoms with Crippen molar-refractivity contribution in [3.63, 3.8) is 0 Å². The molecule has 0 aliphatic heterocycles. The van der Waals surface area contributed by atoms with Crippen LogP contribution in [0.15, 0.2) is 0 Å². The van der Waals surface area contributed by atoms with Gasteiger partial charge in [0.15, 0.2) is 9.84 Å². The third-order valence-electron chi connectivity index (χ3n) is 3.00. The summed E-state index contributed by atoms with van der Waals surface area (Å²) >= 11 is 0. The second-order valence-electron chi connectivity index (χ2n) is 4.63. The van der Waals surface area contributed by atoms with E-state index in [0.29, 0.717) is 12.2 Å². The van der Waals surface area contributed by atoms with Gasteiger partial charge in [0.1, 0.15) is 0 Å². The van der Waals surface area contributed by atoms with E-state index in [4.69, 9.17) is 5.26 Å². The van der Waals surface area contributed by atoms with Gasteiger partial charge in [-0.1, -0.05) is 19.8 Å². The predicted molar refractivity (Wildman–Crippen MR) is 60.1 cm³/mol. The second kappa shape index (κ2) is 4.98. The van der Waals surface area contributed by atoms with E-state index in [0.717, 1.165) is 32.1 Å². The highest BCUT2D eigenvalue weighted by atomic mass is 32.2. The predicted octanol–water partition coefficient (Wildman–Crippen LogP) is 2.29. The maximum Gasteiger partial charge on any atom is 0.150 e. The Kier molecular flexibility index (Phi) is 4.15. The molecule has 1 rings (SSSR count). The molecule has 0 radical (unpaired) electrons. The fourth-order valence-corrected chi connectivity index (χ4v) is 3.94. The Bertz CT molecular complexity index is 336. The lowest BCUT2D eigenvalue weighted by atomic mass is 10.1. The molecule has 0 spiro atoms. The first-order valence-electron chi connectivity index (χ1n) is 5.61. The van der Waals surface area contributed by atoms with E-state index < -0.39 is 9.84 Å². The smallest absolute Gasteiger partial charge is 0.150 e. The molecule has 1 aliphatic carbocycles. The van der Waals surface area contributed by atoms with Crippen molar-refractivity contribution >= 4 is 9.84 Å². The number of hydrogen-bond donors (Lipinski definition) is 0. The molecule has 1 aliphatic rings. The highest BCUT2D eigenvalue weighted by molar-refractivity contribution is 7.91. The van der Waals surface area contributed by atoms with Crippen molar-refractivity contribution in [3.05, 3.63) is 0 Å². The molecule has 0 aromatic heterocycles. The van der Waals surface area contributed by atoms with E-state index in [9.17, 15) is 8.42 Å². The minimum Gasteiger partial charge on any atom is -0.229 e. The lowest BCUT2D eigenvalue weighted by molar-refractivity contribution is 0.545. The molecule has 1 fully saturated rings. The third-order valence-corrected chi connectivity index (χ3v) is 4.96. The highest BCUT2D eigenvalue weighted by Crippen LogP contribution is 2.49. The number of sulfone groups is 1. The first-order valence-corrected chi connectivity index (χ1v) is 7.43. The molecule has 0 saturated heterocycles. The maximum atomic E-state index is 11.7. The molecule has 0 bridgehead atoms. The summed E-state index contributed by atoms with van der Waals surface area (Å²) in [6, 6.07) is 2.10. The molecule has 15 heavy (non-hydrogen) atoms. The zero-order valence-corrected chi connectivity index (χ0v) is 10.1. The minimum absolute atomic E-state index is 0.167. The Morgan fingerprint density at radius 1 is 1.33 bits per heavy atom. The van der Waals surface area contributed by atoms with Crippen molar-refractivity contribution in [2.75, 3.05) is 11.5 Å². The molecule has 0 unspecified atom stereocenters. The van der Waals surface area contributed by atoms with Crippen LogP contribution in [-0.4, -0.2) is 19.9 Å². The summed E-state index contributed by atoms with van der Waals surface area (Å²) < 4.78 is 23.5. The summed E-state index contributed by atoms with van der Waals surface area (Å²) in [5.41, 5.74) is -0.167. The second-order valence-corrected chi connectivity index (χ2v) is 6.82. The fourth-order valence-electron chi connectivity index (χ4n) is 1.83. The SMILES string of the molecule is CCCCCS(=O)(=O)CC1(CC#N)CC1. The Hall–Kier alpha value is -0.560. The van der Waals surface area contributed by atoms with Crippen molar-refractivity contribution in [2.24, 2.45) is 5.41 Å². The zero-order chi connectivity index (χ0) is 11.4. The van der Waals surface area contributed by atoms with Crippen LogP contribution in [-0.2, 0) is 9.84 Å². The van der Waals surface area contributed by atoms with Gasteiger partial charge in [0.25, 0.3) is 0 Å². The molecule has 0 N–H and O–H groups in total. The van der Waals surface area contributed by atoms with Gasteiger partial charge in [0, 0.05) is 6.42 Å². The van der Waals surface area contributed by atoms with Crippen LogP contribution in [0.4, 0.5) is 0 Å². The molecule has 0 aromatic carbocycles. The van der Waals surface area contributed by atoms with Crippen LogP contribution in [0.5, 0.6) is 0 Å². The number of unbranched alkanes of at least 4 members (excludes halogenated alkanes) is 2. The van der Waals surface area contributed by atoms with Gasteiger partial charge < -0.3 is 0 Å². The Balaban J connectivity index is 2.40. The van der Waals surface area contributed by atoms with E-state index in [1.807, 2.05) is 0 Å². The van der Waals surface area contributed by atoms with Gasteiger partial charge in [-0.05, 0) is 24.7 Å². The average Bonchev–Trinajstić information content (AvgIpc) is 2.84. The maximum absolute atomic E-state index is 11.7. The molecule has 0 aromatic rings. The largest absolute Gasteiger partial charge is 0.229 e. The van der Waals surface area contributed by atoms with Gasteiger partial charge in [-0.2, -0.15) is 5.26 Å². The van der Waals surface area contributed by atoms with Crippen molar-refractivity contribution in [2.45, 2.75) is 45.4 Å². The zero-order valence-electron chi connectivity index (χ0n) is 9.33. The molecule has 1 saturated carbocycles. The Morgan fingerprint density at radius 3 is 2.47 bits per heavy atom. The summed E-state index contributed by atoms with van der Waals surface area (Å²) in [6.45, 7) is 2.06. The van der Waals surface area contributed by atoms with Crippen LogP contribution in [0.3, 0.4) is 0 Å². The van der Waals surface area contributed by atoms with Gasteiger partial charge in [-0.3, -0.25) is 0 Å². The van der Waals surface area contributed by atoms with E-state index in [1.165, 1.54) is 0 Å². The highest BCUT2D eigenvalue weighted by Gasteiger charge is 2.45. The molecule has 3 nitrogen and oxygen atoms in total. The lowest BCUT2D eigenvalue weighted by Gasteiger charge is -2.11. The van der Waals surface area contributed by atoms with Crippen LogP contribution >= 0.6 is 0 Å². The van der Waals surface area contributed by atoms with Gasteiger partial charge in [-0.15, -0.1) is 0 Å². The topological polar surface area (TPSA) is 57.9 Å². The van der Waals surface area contributed by atoms with Crippen molar-refractivity contribution < 1.29 is 8.42 Å². The van der Waals surface area contributed by atoms with Crippen LogP contribution in [0.25, 0.3) is 0 Å². The molecular weight excluding hydrogens is 210 g/mol. The van der Waals surface area contributed by atoms with Gasteiger partial charge in [0.05, 0.1) is 17.6 Å². The number of nitrogens with zero attached hydrogens (tertiary/aromatic N) is 1. The first-order chi connectivity index (χ1) is 7.04. The Labute approximate surface area is 92.4 Å². The van der Waals surface area contributed by atoms with Crippen LogP contribution in [0.1, 0.15) is 45.4 Å². The lowest BCUT2D eigenvalue weighted by Crippen LogP contribution is -2.19. The van der Waals surface area contributed by atoms with E-state index in [2.05, 4.69) is 13.0 Å². The third kappa shape index (κ3) is 4.21. The molecule has 86 valence electrons.